The van der Waals surface area contributed by atoms with Crippen LogP contribution in [-0.2, 0) is 0 Å². The molecule has 1 rings (SSSR count). The SMILES string of the molecule is Cc1ccc(OCCCNC(=O)N(C)CC(C)O)cc1. The van der Waals surface area contributed by atoms with E-state index in [9.17, 15) is 9.90 Å². The van der Waals surface area contributed by atoms with Crippen molar-refractivity contribution < 1.29 is 14.6 Å². The molecule has 0 heterocycles. The second kappa shape index (κ2) is 8.43. The minimum atomic E-state index is -0.518. The molecule has 1 aromatic carbocycles. The molecule has 0 saturated heterocycles. The second-order valence-electron chi connectivity index (χ2n) is 4.98. The molecule has 0 aliphatic carbocycles. The van der Waals surface area contributed by atoms with Gasteiger partial charge in [-0.2, -0.15) is 0 Å². The summed E-state index contributed by atoms with van der Waals surface area (Å²) in [5.41, 5.74) is 1.20. The van der Waals surface area contributed by atoms with E-state index in [0.29, 0.717) is 19.7 Å². The molecule has 0 saturated carbocycles. The highest BCUT2D eigenvalue weighted by Gasteiger charge is 2.09. The van der Waals surface area contributed by atoms with E-state index in [-0.39, 0.29) is 6.03 Å². The molecule has 0 spiro atoms. The Bertz CT molecular complexity index is 404. The smallest absolute Gasteiger partial charge is 0.317 e. The van der Waals surface area contributed by atoms with Gasteiger partial charge in [0.05, 0.1) is 12.7 Å². The van der Waals surface area contributed by atoms with E-state index in [1.807, 2.05) is 31.2 Å². The van der Waals surface area contributed by atoms with E-state index in [4.69, 9.17) is 4.74 Å². The molecule has 112 valence electrons. The number of amides is 2. The van der Waals surface area contributed by atoms with Crippen LogP contribution in [0.15, 0.2) is 24.3 Å². The Morgan fingerprint density at radius 2 is 2.05 bits per heavy atom. The highest BCUT2D eigenvalue weighted by molar-refractivity contribution is 5.73. The predicted octanol–water partition coefficient (Wildman–Crippen LogP) is 1.79. The van der Waals surface area contributed by atoms with Crippen molar-refractivity contribution in [3.05, 3.63) is 29.8 Å². The summed E-state index contributed by atoms with van der Waals surface area (Å²) >= 11 is 0. The molecule has 20 heavy (non-hydrogen) atoms. The van der Waals surface area contributed by atoms with Crippen LogP contribution < -0.4 is 10.1 Å². The quantitative estimate of drug-likeness (QED) is 0.749. The topological polar surface area (TPSA) is 61.8 Å². The summed E-state index contributed by atoms with van der Waals surface area (Å²) < 4.78 is 5.56. The number of likely N-dealkylation sites (N-methyl/N-ethyl adjacent to an activating group) is 1. The molecular formula is C15H24N2O3. The fourth-order valence-corrected chi connectivity index (χ4v) is 1.71. The van der Waals surface area contributed by atoms with Crippen molar-refractivity contribution in [2.24, 2.45) is 0 Å². The van der Waals surface area contributed by atoms with Gasteiger partial charge in [-0.05, 0) is 32.4 Å². The fourth-order valence-electron chi connectivity index (χ4n) is 1.71. The van der Waals surface area contributed by atoms with Gasteiger partial charge in [0.15, 0.2) is 0 Å². The molecule has 0 aromatic heterocycles. The lowest BCUT2D eigenvalue weighted by Gasteiger charge is -2.19. The monoisotopic (exact) mass is 280 g/mol. The third-order valence-corrected chi connectivity index (χ3v) is 2.77. The maximum atomic E-state index is 11.6. The molecule has 0 aliphatic heterocycles. The van der Waals surface area contributed by atoms with Crippen molar-refractivity contribution in [3.63, 3.8) is 0 Å². The van der Waals surface area contributed by atoms with Crippen molar-refractivity contribution in [3.8, 4) is 5.75 Å². The van der Waals surface area contributed by atoms with Gasteiger partial charge in [0, 0.05) is 20.1 Å². The van der Waals surface area contributed by atoms with E-state index in [0.717, 1.165) is 12.2 Å². The number of nitrogens with one attached hydrogen (secondary N) is 1. The Balaban J connectivity index is 2.12. The normalized spacial score (nSPS) is 11.8. The second-order valence-corrected chi connectivity index (χ2v) is 4.98. The fraction of sp³-hybridized carbons (Fsp3) is 0.533. The summed E-state index contributed by atoms with van der Waals surface area (Å²) in [6, 6.07) is 7.69. The minimum absolute atomic E-state index is 0.179. The van der Waals surface area contributed by atoms with E-state index in [1.54, 1.807) is 14.0 Å². The molecule has 2 amide bonds. The van der Waals surface area contributed by atoms with Crippen LogP contribution in [0.3, 0.4) is 0 Å². The highest BCUT2D eigenvalue weighted by atomic mass is 16.5. The first-order valence-electron chi connectivity index (χ1n) is 6.85. The van der Waals surface area contributed by atoms with Gasteiger partial charge in [0.25, 0.3) is 0 Å². The lowest BCUT2D eigenvalue weighted by Crippen LogP contribution is -2.41. The number of aliphatic hydroxyl groups is 1. The molecule has 1 atom stereocenters. The number of urea groups is 1. The summed E-state index contributed by atoms with van der Waals surface area (Å²) in [5.74, 6) is 0.841. The molecule has 1 aromatic rings. The maximum Gasteiger partial charge on any atom is 0.317 e. The number of hydrogen-bond acceptors (Lipinski definition) is 3. The highest BCUT2D eigenvalue weighted by Crippen LogP contribution is 2.11. The van der Waals surface area contributed by atoms with E-state index < -0.39 is 6.10 Å². The number of carbonyl (C=O) groups is 1. The largest absolute Gasteiger partial charge is 0.494 e. The van der Waals surface area contributed by atoms with Gasteiger partial charge < -0.3 is 20.1 Å². The van der Waals surface area contributed by atoms with Crippen molar-refractivity contribution >= 4 is 6.03 Å². The van der Waals surface area contributed by atoms with Crippen LogP contribution >= 0.6 is 0 Å². The Morgan fingerprint density at radius 1 is 1.40 bits per heavy atom. The van der Waals surface area contributed by atoms with Crippen molar-refractivity contribution in [1.82, 2.24) is 10.2 Å². The first kappa shape index (κ1) is 16.3. The Morgan fingerprint density at radius 3 is 2.65 bits per heavy atom. The van der Waals surface area contributed by atoms with Crippen molar-refractivity contribution in [2.75, 3.05) is 26.7 Å². The number of nitrogens with zero attached hydrogens (tertiary/aromatic N) is 1. The van der Waals surface area contributed by atoms with Crippen molar-refractivity contribution in [1.29, 1.82) is 0 Å². The van der Waals surface area contributed by atoms with Gasteiger partial charge in [-0.15, -0.1) is 0 Å². The van der Waals surface area contributed by atoms with Crippen molar-refractivity contribution in [2.45, 2.75) is 26.4 Å². The number of carbonyl (C=O) groups excluding carboxylic acids is 1. The maximum absolute atomic E-state index is 11.6. The van der Waals surface area contributed by atoms with Gasteiger partial charge >= 0.3 is 6.03 Å². The van der Waals surface area contributed by atoms with Gasteiger partial charge in [-0.1, -0.05) is 17.7 Å². The summed E-state index contributed by atoms with van der Waals surface area (Å²) in [4.78, 5) is 13.1. The number of benzene rings is 1. The zero-order valence-electron chi connectivity index (χ0n) is 12.4. The van der Waals surface area contributed by atoms with Crippen LogP contribution in [0.1, 0.15) is 18.9 Å². The summed E-state index contributed by atoms with van der Waals surface area (Å²) in [5, 5.41) is 12.0. The summed E-state index contributed by atoms with van der Waals surface area (Å²) in [6.07, 6.45) is 0.220. The third kappa shape index (κ3) is 6.43. The molecule has 5 nitrogen and oxygen atoms in total. The number of rotatable bonds is 7. The first-order chi connectivity index (χ1) is 9.49. The zero-order valence-corrected chi connectivity index (χ0v) is 12.4. The van der Waals surface area contributed by atoms with Gasteiger partial charge in [-0.3, -0.25) is 0 Å². The van der Waals surface area contributed by atoms with Gasteiger partial charge in [0.2, 0.25) is 0 Å². The predicted molar refractivity (Wildman–Crippen MR) is 79.0 cm³/mol. The molecule has 0 radical (unpaired) electrons. The standard InChI is InChI=1S/C15H24N2O3/c1-12-5-7-14(8-6-12)20-10-4-9-16-15(19)17(3)11-13(2)18/h5-8,13,18H,4,9-11H2,1-3H3,(H,16,19). The van der Waals surface area contributed by atoms with Crippen LogP contribution in [0.25, 0.3) is 0 Å². The third-order valence-electron chi connectivity index (χ3n) is 2.77. The van der Waals surface area contributed by atoms with Gasteiger partial charge in [-0.25, -0.2) is 4.79 Å². The van der Waals surface area contributed by atoms with E-state index in [1.165, 1.54) is 10.5 Å². The Hall–Kier alpha value is -1.75. The lowest BCUT2D eigenvalue weighted by molar-refractivity contribution is 0.143. The number of aryl methyl sites for hydroxylation is 1. The van der Waals surface area contributed by atoms with Crippen LogP contribution in [0.2, 0.25) is 0 Å². The van der Waals surface area contributed by atoms with Crippen LogP contribution in [-0.4, -0.2) is 48.9 Å². The van der Waals surface area contributed by atoms with E-state index in [2.05, 4.69) is 5.32 Å². The lowest BCUT2D eigenvalue weighted by atomic mass is 10.2. The van der Waals surface area contributed by atoms with E-state index >= 15 is 0 Å². The van der Waals surface area contributed by atoms with Crippen LogP contribution in [0.5, 0.6) is 5.75 Å². The number of aliphatic hydroxyl groups excluding tert-OH is 1. The number of hydrogen-bond donors (Lipinski definition) is 2. The average molecular weight is 280 g/mol. The molecule has 0 bridgehead atoms. The molecular weight excluding hydrogens is 256 g/mol. The summed E-state index contributed by atoms with van der Waals surface area (Å²) in [6.45, 7) is 5.12. The van der Waals surface area contributed by atoms with Gasteiger partial charge in [0.1, 0.15) is 5.75 Å². The molecule has 0 aliphatic rings. The Labute approximate surface area is 120 Å². The molecule has 1 unspecified atom stereocenters. The number of ether oxygens (including phenoxy) is 1. The van der Waals surface area contributed by atoms with Crippen LogP contribution in [0, 0.1) is 6.92 Å². The zero-order chi connectivity index (χ0) is 15.0. The molecule has 5 heteroatoms. The summed E-state index contributed by atoms with van der Waals surface area (Å²) in [7, 11) is 1.66. The first-order valence-corrected chi connectivity index (χ1v) is 6.85. The van der Waals surface area contributed by atoms with Crippen LogP contribution in [0.4, 0.5) is 4.79 Å². The molecule has 0 fully saturated rings. The molecule has 2 N–H and O–H groups in total. The Kier molecular flexibility index (Phi) is 6.87. The minimum Gasteiger partial charge on any atom is -0.494 e. The average Bonchev–Trinajstić information content (AvgIpc) is 2.39.